The summed E-state index contributed by atoms with van der Waals surface area (Å²) < 4.78 is 0. The van der Waals surface area contributed by atoms with Gasteiger partial charge in [0.1, 0.15) is 0 Å². The van der Waals surface area contributed by atoms with E-state index in [0.29, 0.717) is 6.04 Å². The number of rotatable bonds is 3. The predicted molar refractivity (Wildman–Crippen MR) is 76.3 cm³/mol. The molecule has 1 N–H and O–H groups in total. The molecule has 0 saturated carbocycles. The first-order chi connectivity index (χ1) is 8.65. The summed E-state index contributed by atoms with van der Waals surface area (Å²) >= 11 is 6.07. The van der Waals surface area contributed by atoms with Crippen molar-refractivity contribution in [3.05, 3.63) is 28.8 Å². The fourth-order valence-corrected chi connectivity index (χ4v) is 2.74. The maximum Gasteiger partial charge on any atom is 0.0702 e. The van der Waals surface area contributed by atoms with Crippen molar-refractivity contribution in [2.75, 3.05) is 31.6 Å². The number of likely N-dealkylation sites (N-methyl/N-ethyl adjacent to an activating group) is 1. The van der Waals surface area contributed by atoms with Crippen LogP contribution in [0.3, 0.4) is 0 Å². The van der Waals surface area contributed by atoms with Gasteiger partial charge in [0.25, 0.3) is 0 Å². The molecule has 2 rings (SSSR count). The SMILES string of the molecule is CCC1CN(c2cc(Cl)ccc2CO)CCN1C. The Kier molecular flexibility index (Phi) is 4.49. The Labute approximate surface area is 114 Å². The zero-order valence-corrected chi connectivity index (χ0v) is 11.8. The van der Waals surface area contributed by atoms with Gasteiger partial charge >= 0.3 is 0 Å². The van der Waals surface area contributed by atoms with E-state index in [1.165, 1.54) is 0 Å². The van der Waals surface area contributed by atoms with Gasteiger partial charge < -0.3 is 10.0 Å². The maximum absolute atomic E-state index is 9.43. The number of aliphatic hydroxyl groups excluding tert-OH is 1. The van der Waals surface area contributed by atoms with Crippen molar-refractivity contribution >= 4 is 17.3 Å². The van der Waals surface area contributed by atoms with E-state index in [1.54, 1.807) is 0 Å². The molecule has 1 aliphatic heterocycles. The van der Waals surface area contributed by atoms with Crippen LogP contribution in [0.1, 0.15) is 18.9 Å². The van der Waals surface area contributed by atoms with Crippen molar-refractivity contribution in [1.82, 2.24) is 4.90 Å². The smallest absolute Gasteiger partial charge is 0.0702 e. The van der Waals surface area contributed by atoms with E-state index in [2.05, 4.69) is 23.8 Å². The largest absolute Gasteiger partial charge is 0.392 e. The lowest BCUT2D eigenvalue weighted by atomic mass is 10.1. The van der Waals surface area contributed by atoms with Crippen LogP contribution < -0.4 is 4.90 Å². The highest BCUT2D eigenvalue weighted by molar-refractivity contribution is 6.30. The second kappa shape index (κ2) is 5.91. The molecule has 3 nitrogen and oxygen atoms in total. The van der Waals surface area contributed by atoms with Crippen LogP contribution in [0.5, 0.6) is 0 Å². The Hall–Kier alpha value is -0.770. The molecule has 0 aromatic heterocycles. The third-order valence-electron chi connectivity index (χ3n) is 3.81. The number of aliphatic hydroxyl groups is 1. The zero-order chi connectivity index (χ0) is 13.1. The molecule has 0 aliphatic carbocycles. The number of nitrogens with zero attached hydrogens (tertiary/aromatic N) is 2. The standard InChI is InChI=1S/C14H21ClN2O/c1-3-13-9-17(7-6-16(13)2)14-8-12(15)5-4-11(14)10-18/h4-5,8,13,18H,3,6-7,9-10H2,1-2H3. The van der Waals surface area contributed by atoms with Crippen LogP contribution in [0.4, 0.5) is 5.69 Å². The fraction of sp³-hybridized carbons (Fsp3) is 0.571. The minimum atomic E-state index is 0.0651. The maximum atomic E-state index is 9.43. The zero-order valence-electron chi connectivity index (χ0n) is 11.1. The van der Waals surface area contributed by atoms with Crippen LogP contribution in [0.15, 0.2) is 18.2 Å². The second-order valence-corrected chi connectivity index (χ2v) is 5.36. The van der Waals surface area contributed by atoms with Crippen molar-refractivity contribution in [3.63, 3.8) is 0 Å². The van der Waals surface area contributed by atoms with E-state index >= 15 is 0 Å². The molecule has 100 valence electrons. The Morgan fingerprint density at radius 3 is 2.83 bits per heavy atom. The van der Waals surface area contributed by atoms with Crippen LogP contribution in [-0.4, -0.2) is 42.7 Å². The number of hydrogen-bond acceptors (Lipinski definition) is 3. The van der Waals surface area contributed by atoms with Gasteiger partial charge in [0.2, 0.25) is 0 Å². The number of anilines is 1. The molecule has 1 fully saturated rings. The first kappa shape index (κ1) is 13.7. The molecular weight excluding hydrogens is 248 g/mol. The molecule has 0 spiro atoms. The Morgan fingerprint density at radius 2 is 2.17 bits per heavy atom. The number of hydrogen-bond donors (Lipinski definition) is 1. The number of piperazine rings is 1. The summed E-state index contributed by atoms with van der Waals surface area (Å²) in [6.45, 7) is 5.32. The van der Waals surface area contributed by atoms with Gasteiger partial charge in [0.05, 0.1) is 6.61 Å². The highest BCUT2D eigenvalue weighted by Crippen LogP contribution is 2.27. The first-order valence-corrected chi connectivity index (χ1v) is 6.88. The van der Waals surface area contributed by atoms with Crippen molar-refractivity contribution in [2.45, 2.75) is 26.0 Å². The summed E-state index contributed by atoms with van der Waals surface area (Å²) in [4.78, 5) is 4.74. The molecule has 0 bridgehead atoms. The monoisotopic (exact) mass is 268 g/mol. The van der Waals surface area contributed by atoms with E-state index in [9.17, 15) is 5.11 Å². The summed E-state index contributed by atoms with van der Waals surface area (Å²) in [5.41, 5.74) is 2.04. The summed E-state index contributed by atoms with van der Waals surface area (Å²) in [7, 11) is 2.18. The summed E-state index contributed by atoms with van der Waals surface area (Å²) in [6.07, 6.45) is 1.14. The molecule has 1 atom stereocenters. The average molecular weight is 269 g/mol. The van der Waals surface area contributed by atoms with Gasteiger partial charge in [-0.15, -0.1) is 0 Å². The number of benzene rings is 1. The molecule has 1 saturated heterocycles. The van der Waals surface area contributed by atoms with E-state index in [0.717, 1.165) is 42.3 Å². The molecule has 0 radical (unpaired) electrons. The van der Waals surface area contributed by atoms with Gasteiger partial charge in [-0.3, -0.25) is 4.90 Å². The molecule has 1 aromatic rings. The molecule has 18 heavy (non-hydrogen) atoms. The summed E-state index contributed by atoms with van der Waals surface area (Å²) in [5.74, 6) is 0. The molecule has 1 aliphatic rings. The minimum Gasteiger partial charge on any atom is -0.392 e. The molecule has 4 heteroatoms. The van der Waals surface area contributed by atoms with Crippen LogP contribution >= 0.6 is 11.6 Å². The van der Waals surface area contributed by atoms with Crippen LogP contribution in [-0.2, 0) is 6.61 Å². The topological polar surface area (TPSA) is 26.7 Å². The Bertz CT molecular complexity index is 411. The molecule has 0 amide bonds. The van der Waals surface area contributed by atoms with Gasteiger partial charge in [-0.05, 0) is 25.6 Å². The summed E-state index contributed by atoms with van der Waals surface area (Å²) in [5, 5.41) is 10.2. The van der Waals surface area contributed by atoms with E-state index in [1.807, 2.05) is 18.2 Å². The van der Waals surface area contributed by atoms with Gasteiger partial charge in [-0.2, -0.15) is 0 Å². The van der Waals surface area contributed by atoms with Crippen LogP contribution in [0.25, 0.3) is 0 Å². The highest BCUT2D eigenvalue weighted by Gasteiger charge is 2.24. The van der Waals surface area contributed by atoms with Crippen molar-refractivity contribution in [2.24, 2.45) is 0 Å². The molecular formula is C14H21ClN2O. The van der Waals surface area contributed by atoms with E-state index in [4.69, 9.17) is 11.6 Å². The fourth-order valence-electron chi connectivity index (χ4n) is 2.57. The van der Waals surface area contributed by atoms with Crippen LogP contribution in [0, 0.1) is 0 Å². The quantitative estimate of drug-likeness (QED) is 0.912. The van der Waals surface area contributed by atoms with Gasteiger partial charge in [-0.1, -0.05) is 24.6 Å². The molecule has 1 heterocycles. The molecule has 1 unspecified atom stereocenters. The predicted octanol–water partition coefficient (Wildman–Crippen LogP) is 2.36. The lowest BCUT2D eigenvalue weighted by Gasteiger charge is -2.41. The normalized spacial score (nSPS) is 21.3. The Balaban J connectivity index is 2.23. The minimum absolute atomic E-state index is 0.0651. The van der Waals surface area contributed by atoms with E-state index < -0.39 is 0 Å². The van der Waals surface area contributed by atoms with Crippen molar-refractivity contribution in [3.8, 4) is 0 Å². The van der Waals surface area contributed by atoms with Crippen LogP contribution in [0.2, 0.25) is 5.02 Å². The first-order valence-electron chi connectivity index (χ1n) is 6.50. The van der Waals surface area contributed by atoms with Crippen molar-refractivity contribution < 1.29 is 5.11 Å². The third-order valence-corrected chi connectivity index (χ3v) is 4.04. The third kappa shape index (κ3) is 2.79. The van der Waals surface area contributed by atoms with E-state index in [-0.39, 0.29) is 6.61 Å². The number of halogens is 1. The highest BCUT2D eigenvalue weighted by atomic mass is 35.5. The Morgan fingerprint density at radius 1 is 1.39 bits per heavy atom. The van der Waals surface area contributed by atoms with Gasteiger partial charge in [0, 0.05) is 41.9 Å². The molecule has 1 aromatic carbocycles. The van der Waals surface area contributed by atoms with Gasteiger partial charge in [0.15, 0.2) is 0 Å². The summed E-state index contributed by atoms with van der Waals surface area (Å²) in [6, 6.07) is 6.29. The lowest BCUT2D eigenvalue weighted by molar-refractivity contribution is 0.212. The second-order valence-electron chi connectivity index (χ2n) is 4.92. The van der Waals surface area contributed by atoms with Gasteiger partial charge in [-0.25, -0.2) is 0 Å². The average Bonchev–Trinajstić information content (AvgIpc) is 2.39. The lowest BCUT2D eigenvalue weighted by Crippen LogP contribution is -2.51. The van der Waals surface area contributed by atoms with Crippen molar-refractivity contribution in [1.29, 1.82) is 0 Å².